The second-order valence-corrected chi connectivity index (χ2v) is 4.21. The van der Waals surface area contributed by atoms with Crippen LogP contribution in [0.25, 0.3) is 0 Å². The van der Waals surface area contributed by atoms with Crippen LogP contribution < -0.4 is 0 Å². The van der Waals surface area contributed by atoms with Crippen molar-refractivity contribution in [1.29, 1.82) is 0 Å². The van der Waals surface area contributed by atoms with Gasteiger partial charge >= 0.3 is 0 Å². The lowest BCUT2D eigenvalue weighted by molar-refractivity contribution is 0.308. The first-order valence-electron chi connectivity index (χ1n) is 3.97. The summed E-state index contributed by atoms with van der Waals surface area (Å²) in [5.41, 5.74) is 0.0420. The maximum Gasteiger partial charge on any atom is 0.146 e. The summed E-state index contributed by atoms with van der Waals surface area (Å²) in [4.78, 5) is 4.57. The van der Waals surface area contributed by atoms with E-state index in [0.29, 0.717) is 0 Å². The quantitative estimate of drug-likeness (QED) is 0.626. The molecule has 0 aromatic rings. The number of rotatable bonds is 1. The van der Waals surface area contributed by atoms with E-state index in [1.54, 1.807) is 18.9 Å². The van der Waals surface area contributed by atoms with Crippen LogP contribution in [0.2, 0.25) is 0 Å². The number of hydrogen-bond donors (Lipinski definition) is 0. The standard InChI is InChI=1S/C9H15NOS/c1-9(2)6-5-7(11-3)8(10-9)12-4/h5H,6H2,1-4H3. The maximum atomic E-state index is 5.20. The molecule has 0 atom stereocenters. The third-order valence-electron chi connectivity index (χ3n) is 1.82. The first-order chi connectivity index (χ1) is 5.59. The van der Waals surface area contributed by atoms with Crippen molar-refractivity contribution in [2.24, 2.45) is 4.99 Å². The third-order valence-corrected chi connectivity index (χ3v) is 2.49. The van der Waals surface area contributed by atoms with Gasteiger partial charge in [0.2, 0.25) is 0 Å². The van der Waals surface area contributed by atoms with Crippen molar-refractivity contribution >= 4 is 16.8 Å². The molecule has 0 unspecified atom stereocenters. The van der Waals surface area contributed by atoms with Crippen LogP contribution in [0.4, 0.5) is 0 Å². The molecule has 68 valence electrons. The van der Waals surface area contributed by atoms with Crippen molar-refractivity contribution in [3.63, 3.8) is 0 Å². The average molecular weight is 185 g/mol. The molecule has 1 rings (SSSR count). The highest BCUT2D eigenvalue weighted by Crippen LogP contribution is 2.26. The molecule has 0 bridgehead atoms. The minimum Gasteiger partial charge on any atom is -0.494 e. The zero-order chi connectivity index (χ0) is 9.19. The van der Waals surface area contributed by atoms with Gasteiger partial charge in [0.05, 0.1) is 12.6 Å². The average Bonchev–Trinajstić information content (AvgIpc) is 2.03. The van der Waals surface area contributed by atoms with E-state index < -0.39 is 0 Å². The molecule has 12 heavy (non-hydrogen) atoms. The number of aliphatic imine (C=N–C) groups is 1. The molecule has 2 nitrogen and oxygen atoms in total. The summed E-state index contributed by atoms with van der Waals surface area (Å²) in [5.74, 6) is 0.918. The molecule has 0 spiro atoms. The van der Waals surface area contributed by atoms with Gasteiger partial charge < -0.3 is 4.74 Å². The van der Waals surface area contributed by atoms with Gasteiger partial charge in [0.1, 0.15) is 10.8 Å². The molecule has 0 fully saturated rings. The normalized spacial score (nSPS) is 21.3. The first-order valence-corrected chi connectivity index (χ1v) is 5.20. The number of thioether (sulfide) groups is 1. The molecule has 3 heteroatoms. The Morgan fingerprint density at radius 1 is 1.58 bits per heavy atom. The van der Waals surface area contributed by atoms with E-state index in [1.807, 2.05) is 6.26 Å². The molecule has 0 aromatic heterocycles. The highest BCUT2D eigenvalue weighted by Gasteiger charge is 2.22. The molecular formula is C9H15NOS. The lowest BCUT2D eigenvalue weighted by Gasteiger charge is -2.24. The van der Waals surface area contributed by atoms with E-state index in [9.17, 15) is 0 Å². The fraction of sp³-hybridized carbons (Fsp3) is 0.667. The van der Waals surface area contributed by atoms with Gasteiger partial charge in [-0.15, -0.1) is 11.8 Å². The summed E-state index contributed by atoms with van der Waals surface area (Å²) >= 11 is 1.64. The van der Waals surface area contributed by atoms with Gasteiger partial charge in [-0.2, -0.15) is 0 Å². The van der Waals surface area contributed by atoms with Crippen molar-refractivity contribution in [1.82, 2.24) is 0 Å². The van der Waals surface area contributed by atoms with Crippen LogP contribution in [0.1, 0.15) is 20.3 Å². The van der Waals surface area contributed by atoms with Crippen molar-refractivity contribution in [2.45, 2.75) is 25.8 Å². The molecule has 0 N–H and O–H groups in total. The highest BCUT2D eigenvalue weighted by molar-refractivity contribution is 8.13. The van der Waals surface area contributed by atoms with Gasteiger partial charge in [0, 0.05) is 0 Å². The molecule has 0 radical (unpaired) electrons. The Balaban J connectivity index is 2.86. The van der Waals surface area contributed by atoms with Crippen LogP contribution in [0, 0.1) is 0 Å². The van der Waals surface area contributed by atoms with Crippen LogP contribution in [0.3, 0.4) is 0 Å². The Morgan fingerprint density at radius 2 is 2.25 bits per heavy atom. The van der Waals surface area contributed by atoms with Gasteiger partial charge in [-0.25, -0.2) is 0 Å². The second-order valence-electron chi connectivity index (χ2n) is 3.41. The van der Waals surface area contributed by atoms with Gasteiger partial charge in [0.15, 0.2) is 0 Å². The second kappa shape index (κ2) is 3.52. The molecular weight excluding hydrogens is 170 g/mol. The lowest BCUT2D eigenvalue weighted by atomic mass is 9.99. The summed E-state index contributed by atoms with van der Waals surface area (Å²) in [6, 6.07) is 0. The summed E-state index contributed by atoms with van der Waals surface area (Å²) < 4.78 is 5.20. The molecule has 1 aliphatic rings. The van der Waals surface area contributed by atoms with Crippen molar-refractivity contribution in [3.05, 3.63) is 11.8 Å². The van der Waals surface area contributed by atoms with Crippen molar-refractivity contribution in [2.75, 3.05) is 13.4 Å². The van der Waals surface area contributed by atoms with Crippen molar-refractivity contribution in [3.8, 4) is 0 Å². The predicted octanol–water partition coefficient (Wildman–Crippen LogP) is 2.46. The number of methoxy groups -OCH3 is 1. The van der Waals surface area contributed by atoms with Crippen molar-refractivity contribution < 1.29 is 4.74 Å². The number of hydrogen-bond acceptors (Lipinski definition) is 3. The Kier molecular flexibility index (Phi) is 2.83. The Hall–Kier alpha value is -0.440. The smallest absolute Gasteiger partial charge is 0.146 e. The fourth-order valence-electron chi connectivity index (χ4n) is 1.12. The Labute approximate surface area is 78.1 Å². The van der Waals surface area contributed by atoms with Crippen LogP contribution in [-0.2, 0) is 4.74 Å². The van der Waals surface area contributed by atoms with Gasteiger partial charge in [-0.05, 0) is 32.6 Å². The number of ether oxygens (including phenoxy) is 1. The molecule has 0 aliphatic carbocycles. The highest BCUT2D eigenvalue weighted by atomic mass is 32.2. The van der Waals surface area contributed by atoms with Gasteiger partial charge in [0.25, 0.3) is 0 Å². The van der Waals surface area contributed by atoms with Crippen LogP contribution in [0.5, 0.6) is 0 Å². The summed E-state index contributed by atoms with van der Waals surface area (Å²) in [5, 5.41) is 1.01. The predicted molar refractivity (Wildman–Crippen MR) is 54.7 cm³/mol. The van der Waals surface area contributed by atoms with Gasteiger partial charge in [-0.1, -0.05) is 0 Å². The molecule has 0 saturated carbocycles. The Morgan fingerprint density at radius 3 is 2.75 bits per heavy atom. The summed E-state index contributed by atoms with van der Waals surface area (Å²) in [6.07, 6.45) is 5.09. The van der Waals surface area contributed by atoms with E-state index in [2.05, 4.69) is 24.9 Å². The lowest BCUT2D eigenvalue weighted by Crippen LogP contribution is -2.22. The van der Waals surface area contributed by atoms with Crippen LogP contribution >= 0.6 is 11.8 Å². The maximum absolute atomic E-state index is 5.20. The molecule has 0 aromatic carbocycles. The summed E-state index contributed by atoms with van der Waals surface area (Å²) in [6.45, 7) is 4.26. The fourth-order valence-corrected chi connectivity index (χ4v) is 1.83. The Bertz CT molecular complexity index is 231. The van der Waals surface area contributed by atoms with E-state index in [4.69, 9.17) is 4.74 Å². The number of nitrogens with zero attached hydrogens (tertiary/aromatic N) is 1. The molecule has 0 amide bonds. The molecule has 1 aliphatic heterocycles. The van der Waals surface area contributed by atoms with Gasteiger partial charge in [-0.3, -0.25) is 4.99 Å². The monoisotopic (exact) mass is 185 g/mol. The zero-order valence-corrected chi connectivity index (χ0v) is 8.86. The summed E-state index contributed by atoms with van der Waals surface area (Å²) in [7, 11) is 1.69. The van der Waals surface area contributed by atoms with E-state index in [0.717, 1.165) is 17.2 Å². The minimum absolute atomic E-state index is 0.0420. The zero-order valence-electron chi connectivity index (χ0n) is 8.05. The van der Waals surface area contributed by atoms with E-state index >= 15 is 0 Å². The molecule has 0 saturated heterocycles. The van der Waals surface area contributed by atoms with Crippen LogP contribution in [-0.4, -0.2) is 23.9 Å². The SMILES string of the molecule is COC1=CCC(C)(C)N=C1SC. The van der Waals surface area contributed by atoms with E-state index in [-0.39, 0.29) is 5.54 Å². The topological polar surface area (TPSA) is 21.6 Å². The molecule has 1 heterocycles. The minimum atomic E-state index is 0.0420. The van der Waals surface area contributed by atoms with Crippen LogP contribution in [0.15, 0.2) is 16.8 Å². The number of dihydropyridines is 1. The largest absolute Gasteiger partial charge is 0.494 e. The third kappa shape index (κ3) is 2.03. The van der Waals surface area contributed by atoms with E-state index in [1.165, 1.54) is 0 Å². The first kappa shape index (κ1) is 9.65.